The highest BCUT2D eigenvalue weighted by molar-refractivity contribution is 7.99. The van der Waals surface area contributed by atoms with Gasteiger partial charge in [0.15, 0.2) is 0 Å². The molecule has 2 aliphatic rings. The molecule has 0 atom stereocenters. The highest BCUT2D eigenvalue weighted by Crippen LogP contribution is 2.35. The Hall–Kier alpha value is -0.580. The first kappa shape index (κ1) is 18.8. The van der Waals surface area contributed by atoms with Crippen molar-refractivity contribution in [2.45, 2.75) is 37.6 Å². The summed E-state index contributed by atoms with van der Waals surface area (Å²) in [7, 11) is 0. The van der Waals surface area contributed by atoms with Crippen molar-refractivity contribution in [3.63, 3.8) is 0 Å². The zero-order valence-electron chi connectivity index (χ0n) is 13.8. The van der Waals surface area contributed by atoms with Gasteiger partial charge in [-0.1, -0.05) is 11.6 Å². The van der Waals surface area contributed by atoms with Gasteiger partial charge in [-0.25, -0.2) is 0 Å². The fourth-order valence-corrected chi connectivity index (χ4v) is 4.34. The molecule has 3 rings (SSSR count). The molecule has 0 amide bonds. The highest BCUT2D eigenvalue weighted by atomic mass is 35.5. The van der Waals surface area contributed by atoms with Crippen LogP contribution in [0.2, 0.25) is 5.02 Å². The Kier molecular flexibility index (Phi) is 6.93. The number of thioether (sulfide) groups is 1. The predicted octanol–water partition coefficient (Wildman–Crippen LogP) is 4.58. The summed E-state index contributed by atoms with van der Waals surface area (Å²) < 4.78 is 0. The van der Waals surface area contributed by atoms with Gasteiger partial charge in [0.25, 0.3) is 0 Å². The van der Waals surface area contributed by atoms with Crippen LogP contribution >= 0.6 is 35.8 Å². The zero-order chi connectivity index (χ0) is 15.5. The van der Waals surface area contributed by atoms with Crippen LogP contribution in [0.5, 0.6) is 0 Å². The molecular formula is C17H25Cl2N3S. The minimum Gasteiger partial charge on any atom is -0.363 e. The molecule has 0 aliphatic carbocycles. The predicted molar refractivity (Wildman–Crippen MR) is 105 cm³/mol. The van der Waals surface area contributed by atoms with Crippen LogP contribution in [0.15, 0.2) is 28.1 Å². The van der Waals surface area contributed by atoms with Gasteiger partial charge in [-0.2, -0.15) is 0 Å². The van der Waals surface area contributed by atoms with Crippen LogP contribution in [-0.4, -0.2) is 48.7 Å². The van der Waals surface area contributed by atoms with E-state index in [1.54, 1.807) is 0 Å². The van der Waals surface area contributed by atoms with Gasteiger partial charge in [-0.05, 0) is 50.6 Å². The molecule has 0 radical (unpaired) electrons. The van der Waals surface area contributed by atoms with E-state index >= 15 is 0 Å². The first-order valence-electron chi connectivity index (χ1n) is 8.12. The fourth-order valence-electron chi connectivity index (χ4n) is 3.11. The maximum absolute atomic E-state index is 6.26. The van der Waals surface area contributed by atoms with Crippen LogP contribution in [0.25, 0.3) is 0 Å². The summed E-state index contributed by atoms with van der Waals surface area (Å²) in [5.41, 5.74) is 1.27. The molecule has 0 N–H and O–H groups in total. The van der Waals surface area contributed by atoms with E-state index in [0.29, 0.717) is 6.04 Å². The van der Waals surface area contributed by atoms with E-state index in [4.69, 9.17) is 16.6 Å². The Morgan fingerprint density at radius 3 is 2.87 bits per heavy atom. The molecule has 3 nitrogen and oxygen atoms in total. The average Bonchev–Trinajstić information content (AvgIpc) is 2.93. The van der Waals surface area contributed by atoms with Crippen LogP contribution < -0.4 is 4.90 Å². The highest BCUT2D eigenvalue weighted by Gasteiger charge is 2.23. The molecule has 0 saturated carbocycles. The molecule has 0 spiro atoms. The van der Waals surface area contributed by atoms with Crippen molar-refractivity contribution >= 4 is 47.3 Å². The van der Waals surface area contributed by atoms with Crippen molar-refractivity contribution in [1.82, 2.24) is 4.90 Å². The normalized spacial score (nSPS) is 18.2. The summed E-state index contributed by atoms with van der Waals surface area (Å²) in [4.78, 5) is 11.0. The van der Waals surface area contributed by atoms with Gasteiger partial charge in [0.2, 0.25) is 0 Å². The first-order valence-corrected chi connectivity index (χ1v) is 9.49. The molecule has 0 unspecified atom stereocenters. The number of hydrogen-bond acceptors (Lipinski definition) is 4. The Bertz CT molecular complexity index is 563. The van der Waals surface area contributed by atoms with Crippen molar-refractivity contribution in [2.75, 3.05) is 36.8 Å². The van der Waals surface area contributed by atoms with E-state index < -0.39 is 0 Å². The molecule has 6 heteroatoms. The quantitative estimate of drug-likeness (QED) is 0.772. The SMILES string of the molecule is CC(C)N1CCN=C1CN1CCCCSc2ccc(Cl)cc21.Cl. The molecule has 0 saturated heterocycles. The number of rotatable bonds is 3. The summed E-state index contributed by atoms with van der Waals surface area (Å²) in [6, 6.07) is 6.80. The number of halogens is 2. The number of amidine groups is 1. The number of hydrogen-bond donors (Lipinski definition) is 0. The van der Waals surface area contributed by atoms with E-state index in [2.05, 4.69) is 35.8 Å². The molecule has 0 fully saturated rings. The number of nitrogens with zero attached hydrogens (tertiary/aromatic N) is 3. The summed E-state index contributed by atoms with van der Waals surface area (Å²) in [6.45, 7) is 8.45. The number of fused-ring (bicyclic) bond motifs is 1. The maximum Gasteiger partial charge on any atom is 0.119 e. The number of aliphatic imine (C=N–C) groups is 1. The summed E-state index contributed by atoms with van der Waals surface area (Å²) in [5.74, 6) is 2.42. The van der Waals surface area contributed by atoms with E-state index in [0.717, 1.165) is 31.2 Å². The minimum absolute atomic E-state index is 0. The molecule has 23 heavy (non-hydrogen) atoms. The van der Waals surface area contributed by atoms with Gasteiger partial charge in [0, 0.05) is 29.0 Å². The van der Waals surface area contributed by atoms with Gasteiger partial charge >= 0.3 is 0 Å². The van der Waals surface area contributed by atoms with Gasteiger partial charge in [-0.15, -0.1) is 24.2 Å². The third-order valence-corrected chi connectivity index (χ3v) is 5.65. The Balaban J connectivity index is 0.00000192. The Morgan fingerprint density at radius 2 is 2.09 bits per heavy atom. The lowest BCUT2D eigenvalue weighted by molar-refractivity contribution is 0.376. The molecule has 2 heterocycles. The lowest BCUT2D eigenvalue weighted by Crippen LogP contribution is -2.42. The molecule has 2 aliphatic heterocycles. The van der Waals surface area contributed by atoms with Crippen molar-refractivity contribution in [1.29, 1.82) is 0 Å². The van der Waals surface area contributed by atoms with E-state index in [9.17, 15) is 0 Å². The summed E-state index contributed by atoms with van der Waals surface area (Å²) in [5, 5.41) is 0.819. The zero-order valence-corrected chi connectivity index (χ0v) is 16.2. The van der Waals surface area contributed by atoms with Gasteiger partial charge in [-0.3, -0.25) is 4.99 Å². The maximum atomic E-state index is 6.26. The van der Waals surface area contributed by atoms with Crippen LogP contribution in [0.1, 0.15) is 26.7 Å². The van der Waals surface area contributed by atoms with Crippen LogP contribution in [0.4, 0.5) is 5.69 Å². The number of anilines is 1. The average molecular weight is 374 g/mol. The third kappa shape index (κ3) is 4.49. The monoisotopic (exact) mass is 373 g/mol. The van der Waals surface area contributed by atoms with Crippen molar-refractivity contribution in [3.8, 4) is 0 Å². The van der Waals surface area contributed by atoms with Crippen LogP contribution in [0, 0.1) is 0 Å². The van der Waals surface area contributed by atoms with Gasteiger partial charge < -0.3 is 9.80 Å². The van der Waals surface area contributed by atoms with Gasteiger partial charge in [0.1, 0.15) is 5.84 Å². The van der Waals surface area contributed by atoms with Crippen LogP contribution in [0.3, 0.4) is 0 Å². The Labute approximate surface area is 154 Å². The van der Waals surface area contributed by atoms with Crippen molar-refractivity contribution in [2.24, 2.45) is 4.99 Å². The molecular weight excluding hydrogens is 349 g/mol. The molecule has 1 aromatic rings. The largest absolute Gasteiger partial charge is 0.363 e. The second kappa shape index (κ2) is 8.50. The van der Waals surface area contributed by atoms with E-state index in [1.807, 2.05) is 17.8 Å². The molecule has 128 valence electrons. The smallest absolute Gasteiger partial charge is 0.119 e. The first-order chi connectivity index (χ1) is 10.6. The third-order valence-electron chi connectivity index (χ3n) is 4.26. The fraction of sp³-hybridized carbons (Fsp3) is 0.588. The minimum atomic E-state index is 0. The topological polar surface area (TPSA) is 18.8 Å². The summed E-state index contributed by atoms with van der Waals surface area (Å²) >= 11 is 8.20. The van der Waals surface area contributed by atoms with Crippen molar-refractivity contribution in [3.05, 3.63) is 23.2 Å². The lowest BCUT2D eigenvalue weighted by atomic mass is 10.2. The van der Waals surface area contributed by atoms with Crippen LogP contribution in [-0.2, 0) is 0 Å². The second-order valence-corrected chi connectivity index (χ2v) is 7.75. The second-order valence-electron chi connectivity index (χ2n) is 6.17. The summed E-state index contributed by atoms with van der Waals surface area (Å²) in [6.07, 6.45) is 2.50. The van der Waals surface area contributed by atoms with E-state index in [-0.39, 0.29) is 12.4 Å². The number of benzene rings is 1. The lowest BCUT2D eigenvalue weighted by Gasteiger charge is -2.32. The van der Waals surface area contributed by atoms with E-state index in [1.165, 1.54) is 35.0 Å². The Morgan fingerprint density at radius 1 is 1.26 bits per heavy atom. The molecule has 0 bridgehead atoms. The van der Waals surface area contributed by atoms with Crippen molar-refractivity contribution < 1.29 is 0 Å². The standard InChI is InChI=1S/C17H24ClN3S.ClH/c1-13(2)21-9-7-19-17(21)12-20-8-3-4-10-22-16-6-5-14(18)11-15(16)20;/h5-6,11,13H,3-4,7-10,12H2,1-2H3;1H. The molecule has 0 aromatic heterocycles. The molecule has 1 aromatic carbocycles. The van der Waals surface area contributed by atoms with Gasteiger partial charge in [0.05, 0.1) is 18.8 Å².